The molecular weight excluding hydrogens is 354 g/mol. The summed E-state index contributed by atoms with van der Waals surface area (Å²) in [6.07, 6.45) is 0. The third-order valence-electron chi connectivity index (χ3n) is 4.60. The molecule has 2 aromatic heterocycles. The van der Waals surface area contributed by atoms with Gasteiger partial charge in [0.25, 0.3) is 0 Å². The average molecular weight is 373 g/mol. The monoisotopic (exact) mass is 373 g/mol. The van der Waals surface area contributed by atoms with Gasteiger partial charge < -0.3 is 4.52 Å². The molecule has 3 aromatic rings. The van der Waals surface area contributed by atoms with Crippen molar-refractivity contribution >= 4 is 10.0 Å². The molecule has 0 saturated heterocycles. The summed E-state index contributed by atoms with van der Waals surface area (Å²) in [6, 6.07) is 9.21. The number of hydrogen-bond acceptors (Lipinski definition) is 6. The maximum atomic E-state index is 13.2. The molecule has 3 heterocycles. The molecule has 4 rings (SSSR count). The van der Waals surface area contributed by atoms with Crippen LogP contribution in [-0.4, -0.2) is 39.2 Å². The molecule has 9 heteroatoms. The van der Waals surface area contributed by atoms with Gasteiger partial charge >= 0.3 is 0 Å². The van der Waals surface area contributed by atoms with E-state index >= 15 is 0 Å². The fourth-order valence-corrected chi connectivity index (χ4v) is 5.22. The van der Waals surface area contributed by atoms with Gasteiger partial charge in [0.1, 0.15) is 16.4 Å². The average Bonchev–Trinajstić information content (AvgIpc) is 3.20. The van der Waals surface area contributed by atoms with Crippen LogP contribution in [0.25, 0.3) is 11.4 Å². The molecule has 1 aliphatic heterocycles. The third kappa shape index (κ3) is 2.55. The molecular formula is C17H19N5O3S. The fraction of sp³-hybridized carbons (Fsp3) is 0.353. The highest BCUT2D eigenvalue weighted by molar-refractivity contribution is 7.89. The van der Waals surface area contributed by atoms with E-state index in [-0.39, 0.29) is 4.90 Å². The second-order valence-corrected chi connectivity index (χ2v) is 8.16. The lowest BCUT2D eigenvalue weighted by Gasteiger charge is -2.31. The van der Waals surface area contributed by atoms with Gasteiger partial charge in [-0.2, -0.15) is 9.40 Å². The summed E-state index contributed by atoms with van der Waals surface area (Å²) >= 11 is 0. The smallest absolute Gasteiger partial charge is 0.249 e. The number of rotatable bonds is 3. The second kappa shape index (κ2) is 6.03. The van der Waals surface area contributed by atoms with Crippen LogP contribution in [0.4, 0.5) is 0 Å². The van der Waals surface area contributed by atoms with Crippen LogP contribution in [0.5, 0.6) is 0 Å². The lowest BCUT2D eigenvalue weighted by Crippen LogP contribution is -2.41. The molecule has 0 bridgehead atoms. The number of aryl methyl sites for hydroxylation is 2. The van der Waals surface area contributed by atoms with Gasteiger partial charge in [-0.05, 0) is 20.8 Å². The Morgan fingerprint density at radius 2 is 1.88 bits per heavy atom. The van der Waals surface area contributed by atoms with Crippen LogP contribution in [0.2, 0.25) is 0 Å². The van der Waals surface area contributed by atoms with E-state index in [0.29, 0.717) is 36.2 Å². The standard InChI is InChI=1S/C17H19N5O3S/c1-11-15(13(3)25-20-11)26(23,24)22-10-9-21-17(12(22)2)18-16(19-21)14-7-5-4-6-8-14/h4-8,12H,9-10H2,1-3H3/t12-/m0/s1. The van der Waals surface area contributed by atoms with Crippen LogP contribution in [0, 0.1) is 13.8 Å². The Morgan fingerprint density at radius 3 is 2.54 bits per heavy atom. The third-order valence-corrected chi connectivity index (χ3v) is 6.82. The van der Waals surface area contributed by atoms with E-state index in [0.717, 1.165) is 5.56 Å². The van der Waals surface area contributed by atoms with Gasteiger partial charge in [0.05, 0.1) is 12.6 Å². The second-order valence-electron chi connectivity index (χ2n) is 6.33. The van der Waals surface area contributed by atoms with Crippen LogP contribution in [0.1, 0.15) is 30.2 Å². The van der Waals surface area contributed by atoms with E-state index in [2.05, 4.69) is 15.2 Å². The highest BCUT2D eigenvalue weighted by Gasteiger charge is 2.39. The predicted molar refractivity (Wildman–Crippen MR) is 93.7 cm³/mol. The first-order valence-electron chi connectivity index (χ1n) is 8.34. The number of fused-ring (bicyclic) bond motifs is 1. The van der Waals surface area contributed by atoms with Crippen molar-refractivity contribution in [1.82, 2.24) is 24.2 Å². The molecule has 0 radical (unpaired) electrons. The zero-order valence-corrected chi connectivity index (χ0v) is 15.6. The minimum absolute atomic E-state index is 0.139. The van der Waals surface area contributed by atoms with Crippen LogP contribution in [-0.2, 0) is 16.6 Å². The Balaban J connectivity index is 1.73. The molecule has 0 spiro atoms. The molecule has 1 aliphatic rings. The molecule has 0 unspecified atom stereocenters. The first-order valence-corrected chi connectivity index (χ1v) is 9.78. The van der Waals surface area contributed by atoms with E-state index in [4.69, 9.17) is 4.52 Å². The first-order chi connectivity index (χ1) is 12.4. The van der Waals surface area contributed by atoms with Crippen LogP contribution in [0.3, 0.4) is 0 Å². The van der Waals surface area contributed by atoms with Crippen LogP contribution in [0.15, 0.2) is 39.8 Å². The van der Waals surface area contributed by atoms with Gasteiger partial charge in [0, 0.05) is 12.1 Å². The number of benzene rings is 1. The Bertz CT molecular complexity index is 1040. The van der Waals surface area contributed by atoms with Crippen LogP contribution >= 0.6 is 0 Å². The topological polar surface area (TPSA) is 94.1 Å². The molecule has 0 N–H and O–H groups in total. The molecule has 0 fully saturated rings. The number of sulfonamides is 1. The van der Waals surface area contributed by atoms with E-state index < -0.39 is 16.1 Å². The molecule has 1 aromatic carbocycles. The van der Waals surface area contributed by atoms with Crippen molar-refractivity contribution in [3.05, 3.63) is 47.6 Å². The van der Waals surface area contributed by atoms with Crippen LogP contribution < -0.4 is 0 Å². The number of nitrogens with zero attached hydrogens (tertiary/aromatic N) is 5. The van der Waals surface area contributed by atoms with Crippen molar-refractivity contribution in [2.24, 2.45) is 0 Å². The highest BCUT2D eigenvalue weighted by atomic mass is 32.2. The quantitative estimate of drug-likeness (QED) is 0.699. The Morgan fingerprint density at radius 1 is 1.15 bits per heavy atom. The molecule has 1 atom stereocenters. The minimum Gasteiger partial charge on any atom is -0.360 e. The largest absolute Gasteiger partial charge is 0.360 e. The van der Waals surface area contributed by atoms with Gasteiger partial charge in [0.2, 0.25) is 10.0 Å². The van der Waals surface area contributed by atoms with E-state index in [1.165, 1.54) is 4.31 Å². The fourth-order valence-electron chi connectivity index (χ4n) is 3.34. The summed E-state index contributed by atoms with van der Waals surface area (Å²) in [5, 5.41) is 8.32. The highest BCUT2D eigenvalue weighted by Crippen LogP contribution is 2.33. The van der Waals surface area contributed by atoms with Crippen molar-refractivity contribution in [2.75, 3.05) is 6.54 Å². The Kier molecular flexibility index (Phi) is 3.92. The van der Waals surface area contributed by atoms with Gasteiger partial charge in [0.15, 0.2) is 11.6 Å². The van der Waals surface area contributed by atoms with Gasteiger partial charge in [-0.3, -0.25) is 0 Å². The lowest BCUT2D eigenvalue weighted by atomic mass is 10.2. The predicted octanol–water partition coefficient (Wildman–Crippen LogP) is 2.32. The van der Waals surface area contributed by atoms with Crippen molar-refractivity contribution in [2.45, 2.75) is 38.3 Å². The van der Waals surface area contributed by atoms with Gasteiger partial charge in [-0.1, -0.05) is 35.5 Å². The molecule has 136 valence electrons. The summed E-state index contributed by atoms with van der Waals surface area (Å²) in [5.41, 5.74) is 1.27. The molecule has 26 heavy (non-hydrogen) atoms. The summed E-state index contributed by atoms with van der Waals surface area (Å²) in [4.78, 5) is 4.74. The van der Waals surface area contributed by atoms with E-state index in [9.17, 15) is 8.42 Å². The first kappa shape index (κ1) is 16.9. The zero-order chi connectivity index (χ0) is 18.5. The summed E-state index contributed by atoms with van der Waals surface area (Å²) in [5.74, 6) is 1.53. The minimum atomic E-state index is -3.73. The SMILES string of the molecule is Cc1noc(C)c1S(=O)(=O)N1CCn2nc(-c3ccccc3)nc2[C@@H]1C. The number of hydrogen-bond donors (Lipinski definition) is 0. The van der Waals surface area contributed by atoms with Gasteiger partial charge in [-0.15, -0.1) is 0 Å². The number of aromatic nitrogens is 4. The van der Waals surface area contributed by atoms with Crippen molar-refractivity contribution in [1.29, 1.82) is 0 Å². The summed E-state index contributed by atoms with van der Waals surface area (Å²) < 4.78 is 34.6. The maximum absolute atomic E-state index is 13.2. The maximum Gasteiger partial charge on any atom is 0.249 e. The Hall–Kier alpha value is -2.52. The summed E-state index contributed by atoms with van der Waals surface area (Å²) in [6.45, 7) is 5.83. The lowest BCUT2D eigenvalue weighted by molar-refractivity contribution is 0.264. The Labute approximate surface area is 151 Å². The van der Waals surface area contributed by atoms with Crippen molar-refractivity contribution in [3.63, 3.8) is 0 Å². The van der Waals surface area contributed by atoms with Crippen molar-refractivity contribution in [3.8, 4) is 11.4 Å². The van der Waals surface area contributed by atoms with E-state index in [1.807, 2.05) is 37.3 Å². The summed E-state index contributed by atoms with van der Waals surface area (Å²) in [7, 11) is -3.73. The van der Waals surface area contributed by atoms with Crippen molar-refractivity contribution < 1.29 is 12.9 Å². The molecule has 0 saturated carbocycles. The normalized spacial score (nSPS) is 18.0. The van der Waals surface area contributed by atoms with Gasteiger partial charge in [-0.25, -0.2) is 18.1 Å². The molecule has 0 amide bonds. The zero-order valence-electron chi connectivity index (χ0n) is 14.7. The molecule has 8 nitrogen and oxygen atoms in total. The van der Waals surface area contributed by atoms with E-state index in [1.54, 1.807) is 18.5 Å². The molecule has 0 aliphatic carbocycles.